The van der Waals surface area contributed by atoms with Gasteiger partial charge in [-0.25, -0.2) is 9.59 Å². The zero-order valence-corrected chi connectivity index (χ0v) is 16.0. The van der Waals surface area contributed by atoms with E-state index in [0.717, 1.165) is 19.4 Å². The largest absolute Gasteiger partial charge is 0.490 e. The Morgan fingerprint density at radius 3 is 2.45 bits per heavy atom. The number of nitrogens with zero attached hydrogens (tertiary/aromatic N) is 1. The summed E-state index contributed by atoms with van der Waals surface area (Å²) in [5.74, 6) is -3.75. The third-order valence-electron chi connectivity index (χ3n) is 3.86. The SMILES string of the molecule is COc1cc(NC(=O)CNCC2CCCO2)c(C)cc1[N+](=O)[O-].O=C(O)C(=O)O. The second-order valence-corrected chi connectivity index (χ2v) is 6.02. The van der Waals surface area contributed by atoms with Crippen molar-refractivity contribution in [1.29, 1.82) is 0 Å². The van der Waals surface area contributed by atoms with E-state index in [1.807, 2.05) is 0 Å². The van der Waals surface area contributed by atoms with Crippen molar-refractivity contribution in [3.05, 3.63) is 27.8 Å². The molecule has 0 bridgehead atoms. The molecule has 1 fully saturated rings. The lowest BCUT2D eigenvalue weighted by Gasteiger charge is -2.13. The highest BCUT2D eigenvalue weighted by Crippen LogP contribution is 2.32. The van der Waals surface area contributed by atoms with Gasteiger partial charge in [-0.1, -0.05) is 0 Å². The number of nitrogens with one attached hydrogen (secondary N) is 2. The topological polar surface area (TPSA) is 177 Å². The fraction of sp³-hybridized carbons (Fsp3) is 0.471. The number of methoxy groups -OCH3 is 1. The number of carboxylic acid groups (broad SMARTS) is 2. The van der Waals surface area contributed by atoms with Gasteiger partial charge in [0.15, 0.2) is 5.75 Å². The number of ether oxygens (including phenoxy) is 2. The number of hydrogen-bond donors (Lipinski definition) is 4. The number of carboxylic acids is 2. The monoisotopic (exact) mass is 413 g/mol. The second-order valence-electron chi connectivity index (χ2n) is 6.02. The highest BCUT2D eigenvalue weighted by molar-refractivity contribution is 6.27. The van der Waals surface area contributed by atoms with Crippen LogP contribution in [0.4, 0.5) is 11.4 Å². The lowest BCUT2D eigenvalue weighted by atomic mass is 10.1. The molecule has 1 amide bonds. The van der Waals surface area contributed by atoms with E-state index in [1.54, 1.807) is 6.92 Å². The number of carbonyl (C=O) groups is 3. The molecule has 1 aromatic carbocycles. The molecule has 0 spiro atoms. The van der Waals surface area contributed by atoms with Crippen molar-refractivity contribution >= 4 is 29.2 Å². The molecular formula is C17H23N3O9. The smallest absolute Gasteiger partial charge is 0.414 e. The van der Waals surface area contributed by atoms with Crippen molar-refractivity contribution in [3.63, 3.8) is 0 Å². The maximum atomic E-state index is 12.0. The summed E-state index contributed by atoms with van der Waals surface area (Å²) >= 11 is 0. The number of anilines is 1. The van der Waals surface area contributed by atoms with E-state index in [9.17, 15) is 14.9 Å². The summed E-state index contributed by atoms with van der Waals surface area (Å²) in [5.41, 5.74) is 0.973. The Hall–Kier alpha value is -3.25. The van der Waals surface area contributed by atoms with Crippen molar-refractivity contribution < 1.29 is 39.0 Å². The maximum Gasteiger partial charge on any atom is 0.414 e. The molecule has 1 heterocycles. The summed E-state index contributed by atoms with van der Waals surface area (Å²) in [4.78, 5) is 40.6. The third kappa shape index (κ3) is 8.11. The molecule has 1 unspecified atom stereocenters. The first-order chi connectivity index (χ1) is 13.6. The lowest BCUT2D eigenvalue weighted by molar-refractivity contribution is -0.385. The van der Waals surface area contributed by atoms with Gasteiger partial charge in [0.25, 0.3) is 0 Å². The van der Waals surface area contributed by atoms with Gasteiger partial charge in [-0.05, 0) is 25.3 Å². The van der Waals surface area contributed by atoms with E-state index in [0.29, 0.717) is 17.8 Å². The molecule has 2 rings (SSSR count). The summed E-state index contributed by atoms with van der Waals surface area (Å²) < 4.78 is 10.5. The van der Waals surface area contributed by atoms with E-state index >= 15 is 0 Å². The number of amides is 1. The highest BCUT2D eigenvalue weighted by atomic mass is 16.6. The molecule has 1 aliphatic heterocycles. The minimum Gasteiger partial charge on any atom is -0.490 e. The number of carbonyl (C=O) groups excluding carboxylic acids is 1. The van der Waals surface area contributed by atoms with E-state index in [1.165, 1.54) is 19.2 Å². The quantitative estimate of drug-likeness (QED) is 0.283. The Balaban J connectivity index is 0.000000612. The number of benzene rings is 1. The van der Waals surface area contributed by atoms with Gasteiger partial charge >= 0.3 is 17.6 Å². The van der Waals surface area contributed by atoms with Crippen LogP contribution in [-0.2, 0) is 19.1 Å². The zero-order chi connectivity index (χ0) is 22.0. The van der Waals surface area contributed by atoms with E-state index in [-0.39, 0.29) is 30.0 Å². The first-order valence-corrected chi connectivity index (χ1v) is 8.57. The zero-order valence-electron chi connectivity index (χ0n) is 16.0. The fourth-order valence-corrected chi connectivity index (χ4v) is 2.46. The predicted octanol–water partition coefficient (Wildman–Crippen LogP) is 0.775. The van der Waals surface area contributed by atoms with Crippen LogP contribution in [-0.4, -0.2) is 65.9 Å². The Labute approximate surface area is 165 Å². The van der Waals surface area contributed by atoms with Crippen LogP contribution in [0.15, 0.2) is 12.1 Å². The molecule has 4 N–H and O–H groups in total. The summed E-state index contributed by atoms with van der Waals surface area (Å²) in [6.07, 6.45) is 2.23. The molecule has 0 aromatic heterocycles. The normalized spacial score (nSPS) is 15.0. The number of nitro groups is 1. The highest BCUT2D eigenvalue weighted by Gasteiger charge is 2.19. The minimum absolute atomic E-state index is 0.114. The van der Waals surface area contributed by atoms with Crippen LogP contribution in [0.25, 0.3) is 0 Å². The van der Waals surface area contributed by atoms with Gasteiger partial charge in [0.05, 0.1) is 24.7 Å². The Bertz CT molecular complexity index is 749. The van der Waals surface area contributed by atoms with Crippen molar-refractivity contribution in [2.24, 2.45) is 0 Å². The van der Waals surface area contributed by atoms with Gasteiger partial charge in [0.1, 0.15) is 0 Å². The summed E-state index contributed by atoms with van der Waals surface area (Å²) in [5, 5.41) is 31.5. The number of rotatable bonds is 7. The van der Waals surface area contributed by atoms with Crippen LogP contribution in [0, 0.1) is 17.0 Å². The van der Waals surface area contributed by atoms with Crippen molar-refractivity contribution in [1.82, 2.24) is 5.32 Å². The number of nitro benzene ring substituents is 1. The molecule has 1 aromatic rings. The number of aryl methyl sites for hydroxylation is 1. The molecule has 160 valence electrons. The van der Waals surface area contributed by atoms with Gasteiger partial charge in [0.2, 0.25) is 5.91 Å². The summed E-state index contributed by atoms with van der Waals surface area (Å²) in [7, 11) is 1.35. The molecule has 1 atom stereocenters. The predicted molar refractivity (Wildman–Crippen MR) is 100 cm³/mol. The minimum atomic E-state index is -1.82. The Morgan fingerprint density at radius 1 is 1.31 bits per heavy atom. The molecule has 12 heteroatoms. The van der Waals surface area contributed by atoms with Crippen molar-refractivity contribution in [2.45, 2.75) is 25.9 Å². The van der Waals surface area contributed by atoms with Crippen molar-refractivity contribution in [3.8, 4) is 5.75 Å². The summed E-state index contributed by atoms with van der Waals surface area (Å²) in [6, 6.07) is 2.85. The van der Waals surface area contributed by atoms with Crippen molar-refractivity contribution in [2.75, 3.05) is 32.1 Å². The van der Waals surface area contributed by atoms with Crippen LogP contribution in [0.1, 0.15) is 18.4 Å². The molecular weight excluding hydrogens is 390 g/mol. The van der Waals surface area contributed by atoms with E-state index in [4.69, 9.17) is 29.3 Å². The molecule has 12 nitrogen and oxygen atoms in total. The van der Waals surface area contributed by atoms with Crippen LogP contribution < -0.4 is 15.4 Å². The molecule has 29 heavy (non-hydrogen) atoms. The number of aliphatic carboxylic acids is 2. The van der Waals surface area contributed by atoms with Gasteiger partial charge in [-0.3, -0.25) is 14.9 Å². The molecule has 0 saturated carbocycles. The van der Waals surface area contributed by atoms with Crippen LogP contribution in [0.5, 0.6) is 5.75 Å². The molecule has 1 saturated heterocycles. The Kier molecular flexibility index (Phi) is 9.48. The van der Waals surface area contributed by atoms with Gasteiger partial charge in [-0.2, -0.15) is 0 Å². The standard InChI is InChI=1S/C15H21N3O5.C2H2O4/c1-10-6-13(18(20)21)14(22-2)7-12(10)17-15(19)9-16-8-11-4-3-5-23-11;3-1(4)2(5)6/h6-7,11,16H,3-5,8-9H2,1-2H3,(H,17,19);(H,3,4)(H,5,6). The third-order valence-corrected chi connectivity index (χ3v) is 3.86. The van der Waals surface area contributed by atoms with Gasteiger partial charge in [-0.15, -0.1) is 0 Å². The maximum absolute atomic E-state index is 12.0. The fourth-order valence-electron chi connectivity index (χ4n) is 2.46. The van der Waals surface area contributed by atoms with E-state index in [2.05, 4.69) is 10.6 Å². The molecule has 0 aliphatic carbocycles. The molecule has 1 aliphatic rings. The van der Waals surface area contributed by atoms with E-state index < -0.39 is 16.9 Å². The molecule has 0 radical (unpaired) electrons. The van der Waals surface area contributed by atoms with Gasteiger partial charge in [0, 0.05) is 31.0 Å². The number of hydrogen-bond acceptors (Lipinski definition) is 8. The van der Waals surface area contributed by atoms with Gasteiger partial charge < -0.3 is 30.3 Å². The van der Waals surface area contributed by atoms with Crippen LogP contribution in [0.3, 0.4) is 0 Å². The average Bonchev–Trinajstić information content (AvgIpc) is 3.16. The average molecular weight is 413 g/mol. The lowest BCUT2D eigenvalue weighted by Crippen LogP contribution is -2.33. The van der Waals surface area contributed by atoms with Crippen LogP contribution in [0.2, 0.25) is 0 Å². The second kappa shape index (κ2) is 11.6. The summed E-state index contributed by atoms with van der Waals surface area (Å²) in [6.45, 7) is 3.26. The first kappa shape index (κ1) is 23.8. The Morgan fingerprint density at radius 2 is 1.97 bits per heavy atom. The van der Waals surface area contributed by atoms with Crippen LogP contribution >= 0.6 is 0 Å². The first-order valence-electron chi connectivity index (χ1n) is 8.57.